The molecule has 0 unspecified atom stereocenters. The first-order chi connectivity index (χ1) is 17.1. The zero-order chi connectivity index (χ0) is 24.1. The molecule has 2 fully saturated rings. The minimum Gasteiger partial charge on any atom is -0.453 e. The van der Waals surface area contributed by atoms with Crippen LogP contribution in [0.15, 0.2) is 35.6 Å². The smallest absolute Gasteiger partial charge is 0.409 e. The number of nitrogens with one attached hydrogen (secondary N) is 1. The number of methoxy groups -OCH3 is 1. The van der Waals surface area contributed by atoms with Crippen LogP contribution >= 0.6 is 11.6 Å². The van der Waals surface area contributed by atoms with E-state index in [2.05, 4.69) is 24.8 Å². The van der Waals surface area contributed by atoms with Gasteiger partial charge in [-0.25, -0.2) is 24.7 Å². The molecule has 1 amide bonds. The highest BCUT2D eigenvalue weighted by Crippen LogP contribution is 2.38. The Bertz CT molecular complexity index is 1500. The number of halogens is 1. The first-order valence-corrected chi connectivity index (χ1v) is 11.9. The summed E-state index contributed by atoms with van der Waals surface area (Å²) >= 11 is 6.46. The average molecular weight is 495 g/mol. The van der Waals surface area contributed by atoms with Crippen LogP contribution in [-0.2, 0) is 4.74 Å². The van der Waals surface area contributed by atoms with Gasteiger partial charge in [-0.3, -0.25) is 9.36 Å². The molecule has 3 aromatic heterocycles. The Morgan fingerprint density at radius 3 is 2.94 bits per heavy atom. The van der Waals surface area contributed by atoms with Crippen molar-refractivity contribution in [2.24, 2.45) is 0 Å². The van der Waals surface area contributed by atoms with Crippen LogP contribution < -0.4 is 10.5 Å². The molecule has 35 heavy (non-hydrogen) atoms. The van der Waals surface area contributed by atoms with Crippen LogP contribution in [0, 0.1) is 0 Å². The number of carbonyl (C=O) groups excluding carboxylic acids is 1. The van der Waals surface area contributed by atoms with Crippen LogP contribution in [0.1, 0.15) is 37.2 Å². The number of aromatic amines is 1. The fourth-order valence-electron chi connectivity index (χ4n) is 5.31. The van der Waals surface area contributed by atoms with Crippen molar-refractivity contribution in [3.63, 3.8) is 0 Å². The van der Waals surface area contributed by atoms with E-state index in [1.54, 1.807) is 27.9 Å². The molecule has 1 aromatic carbocycles. The van der Waals surface area contributed by atoms with E-state index in [4.69, 9.17) is 21.3 Å². The van der Waals surface area contributed by atoms with Crippen molar-refractivity contribution in [1.29, 1.82) is 0 Å². The van der Waals surface area contributed by atoms with Gasteiger partial charge >= 0.3 is 6.09 Å². The monoisotopic (exact) mass is 494 g/mol. The summed E-state index contributed by atoms with van der Waals surface area (Å²) in [6, 6.07) is 4.86. The number of amides is 1. The summed E-state index contributed by atoms with van der Waals surface area (Å²) < 4.78 is 6.65. The second kappa shape index (κ2) is 8.49. The van der Waals surface area contributed by atoms with Crippen LogP contribution in [0.25, 0.3) is 22.1 Å². The van der Waals surface area contributed by atoms with Gasteiger partial charge < -0.3 is 19.5 Å². The predicted octanol–water partition coefficient (Wildman–Crippen LogP) is 3.07. The van der Waals surface area contributed by atoms with E-state index in [1.165, 1.54) is 13.4 Å². The Morgan fingerprint density at radius 2 is 2.09 bits per heavy atom. The maximum absolute atomic E-state index is 13.9. The van der Waals surface area contributed by atoms with Crippen molar-refractivity contribution < 1.29 is 9.53 Å². The predicted molar refractivity (Wildman–Crippen MR) is 130 cm³/mol. The lowest BCUT2D eigenvalue weighted by molar-refractivity contribution is 0.131. The first-order valence-electron chi connectivity index (χ1n) is 11.5. The number of imidazole rings is 1. The number of ether oxygens (including phenoxy) is 1. The largest absolute Gasteiger partial charge is 0.453 e. The topological polar surface area (TPSA) is 122 Å². The molecule has 0 aliphatic carbocycles. The van der Waals surface area contributed by atoms with E-state index >= 15 is 0 Å². The van der Waals surface area contributed by atoms with E-state index < -0.39 is 6.09 Å². The number of carbonyl (C=O) groups is 1. The highest BCUT2D eigenvalue weighted by molar-refractivity contribution is 6.35. The van der Waals surface area contributed by atoms with Gasteiger partial charge in [-0.05, 0) is 31.4 Å². The van der Waals surface area contributed by atoms with Crippen LogP contribution in [-0.4, -0.2) is 67.2 Å². The van der Waals surface area contributed by atoms with Gasteiger partial charge in [0.25, 0.3) is 5.56 Å². The Balaban J connectivity index is 1.52. The summed E-state index contributed by atoms with van der Waals surface area (Å²) in [5.74, 6) is 1.37. The molecule has 0 spiro atoms. The number of rotatable bonds is 3. The SMILES string of the molecule is COC(=O)N1CC[C@@H](n2c([C@@H]3CCCN3c3ncnc4nc[nH]c34)nc3cccc(Cl)c3c2=O)C1. The van der Waals surface area contributed by atoms with E-state index in [9.17, 15) is 9.59 Å². The number of benzene rings is 1. The van der Waals surface area contributed by atoms with Gasteiger partial charge in [-0.1, -0.05) is 17.7 Å². The first kappa shape index (κ1) is 21.8. The van der Waals surface area contributed by atoms with Crippen molar-refractivity contribution in [3.05, 3.63) is 52.1 Å². The highest BCUT2D eigenvalue weighted by atomic mass is 35.5. The lowest BCUT2D eigenvalue weighted by atomic mass is 10.1. The van der Waals surface area contributed by atoms with E-state index in [-0.39, 0.29) is 17.6 Å². The van der Waals surface area contributed by atoms with E-state index in [0.29, 0.717) is 46.9 Å². The molecular weight excluding hydrogens is 472 g/mol. The molecule has 1 N–H and O–H groups in total. The normalized spacial score (nSPS) is 20.3. The maximum atomic E-state index is 13.9. The fraction of sp³-hybridized carbons (Fsp3) is 0.391. The molecule has 11 nitrogen and oxygen atoms in total. The van der Waals surface area contributed by atoms with Gasteiger partial charge in [0.1, 0.15) is 17.7 Å². The van der Waals surface area contributed by atoms with Gasteiger partial charge in [0.15, 0.2) is 11.5 Å². The molecule has 4 aromatic rings. The van der Waals surface area contributed by atoms with Crippen LogP contribution in [0.5, 0.6) is 0 Å². The lowest BCUT2D eigenvalue weighted by Crippen LogP contribution is -2.36. The molecule has 5 heterocycles. The molecule has 12 heteroatoms. The molecule has 0 saturated carbocycles. The number of anilines is 1. The third kappa shape index (κ3) is 3.49. The minimum atomic E-state index is -0.404. The molecule has 6 rings (SSSR count). The fourth-order valence-corrected chi connectivity index (χ4v) is 5.56. The van der Waals surface area contributed by atoms with Crippen LogP contribution in [0.3, 0.4) is 0 Å². The number of nitrogens with zero attached hydrogens (tertiary/aromatic N) is 7. The van der Waals surface area contributed by atoms with Crippen molar-refractivity contribution in [1.82, 2.24) is 34.4 Å². The van der Waals surface area contributed by atoms with E-state index in [0.717, 1.165) is 30.7 Å². The Kier molecular flexibility index (Phi) is 5.28. The van der Waals surface area contributed by atoms with Gasteiger partial charge in [0, 0.05) is 19.6 Å². The van der Waals surface area contributed by atoms with Crippen LogP contribution in [0.2, 0.25) is 5.02 Å². The molecule has 0 bridgehead atoms. The van der Waals surface area contributed by atoms with Crippen molar-refractivity contribution in [2.75, 3.05) is 31.6 Å². The molecule has 0 radical (unpaired) electrons. The summed E-state index contributed by atoms with van der Waals surface area (Å²) in [6.45, 7) is 1.61. The summed E-state index contributed by atoms with van der Waals surface area (Å²) in [7, 11) is 1.36. The molecule has 2 atom stereocenters. The molecule has 2 saturated heterocycles. The average Bonchev–Trinajstić information content (AvgIpc) is 3.63. The van der Waals surface area contributed by atoms with Crippen molar-refractivity contribution in [3.8, 4) is 0 Å². The molecule has 180 valence electrons. The third-order valence-electron chi connectivity index (χ3n) is 6.89. The summed E-state index contributed by atoms with van der Waals surface area (Å²) in [5.41, 5.74) is 1.68. The zero-order valence-electron chi connectivity index (χ0n) is 19.0. The number of hydrogen-bond acceptors (Lipinski definition) is 8. The number of aromatic nitrogens is 6. The summed E-state index contributed by atoms with van der Waals surface area (Å²) in [4.78, 5) is 51.0. The van der Waals surface area contributed by atoms with Gasteiger partial charge in [0.2, 0.25) is 0 Å². The zero-order valence-corrected chi connectivity index (χ0v) is 19.8. The Morgan fingerprint density at radius 1 is 1.20 bits per heavy atom. The van der Waals surface area contributed by atoms with E-state index in [1.807, 2.05) is 6.07 Å². The standard InChI is InChI=1S/C23H23ClN8O3/c1-35-23(34)30-9-7-13(10-30)32-20(29-15-5-2-4-14(24)17(15)22(32)33)16-6-3-8-31(16)21-18-19(26-11-25-18)27-12-28-21/h2,4-5,11-13,16H,3,6-10H2,1H3,(H,25,26,27,28)/t13-,16+/m1/s1. The Hall–Kier alpha value is -3.73. The molecule has 2 aliphatic rings. The van der Waals surface area contributed by atoms with Crippen molar-refractivity contribution in [2.45, 2.75) is 31.3 Å². The van der Waals surface area contributed by atoms with Gasteiger partial charge in [-0.15, -0.1) is 0 Å². The minimum absolute atomic E-state index is 0.195. The van der Waals surface area contributed by atoms with Gasteiger partial charge in [-0.2, -0.15) is 0 Å². The Labute approximate surface area is 204 Å². The third-order valence-corrected chi connectivity index (χ3v) is 7.21. The number of H-pyrrole nitrogens is 1. The van der Waals surface area contributed by atoms with Crippen LogP contribution in [0.4, 0.5) is 10.6 Å². The summed E-state index contributed by atoms with van der Waals surface area (Å²) in [6.07, 6.45) is 5.02. The molecule has 2 aliphatic heterocycles. The summed E-state index contributed by atoms with van der Waals surface area (Å²) in [5, 5.41) is 0.748. The van der Waals surface area contributed by atoms with Crippen molar-refractivity contribution >= 4 is 45.6 Å². The second-order valence-electron chi connectivity index (χ2n) is 8.79. The maximum Gasteiger partial charge on any atom is 0.409 e. The quantitative estimate of drug-likeness (QED) is 0.461. The van der Waals surface area contributed by atoms with Gasteiger partial charge in [0.05, 0.1) is 41.4 Å². The highest BCUT2D eigenvalue weighted by Gasteiger charge is 2.37. The number of likely N-dealkylation sites (tertiary alicyclic amines) is 1. The lowest BCUT2D eigenvalue weighted by Gasteiger charge is -2.29. The molecular formula is C23H23ClN8O3. The second-order valence-corrected chi connectivity index (χ2v) is 9.19. The number of fused-ring (bicyclic) bond motifs is 2. The number of hydrogen-bond donors (Lipinski definition) is 1.